The average Bonchev–Trinajstić information content (AvgIpc) is 3.07. The van der Waals surface area contributed by atoms with E-state index in [4.69, 9.17) is 4.74 Å². The van der Waals surface area contributed by atoms with Gasteiger partial charge in [-0.1, -0.05) is 42.5 Å². The van der Waals surface area contributed by atoms with Crippen LogP contribution in [0.2, 0.25) is 0 Å². The van der Waals surface area contributed by atoms with Crippen molar-refractivity contribution < 1.29 is 9.53 Å². The Morgan fingerprint density at radius 3 is 2.43 bits per heavy atom. The molecule has 1 N–H and O–H groups in total. The number of hydrogen-bond acceptors (Lipinski definition) is 2. The Balaban J connectivity index is 1.62. The topological polar surface area (TPSA) is 38.3 Å². The zero-order chi connectivity index (χ0) is 14.5. The SMILES string of the molecule is O=C(NCC1CCCO1)c1ccc(-c2ccccc2)cc1. The number of benzene rings is 2. The maximum Gasteiger partial charge on any atom is 0.251 e. The first-order chi connectivity index (χ1) is 10.3. The molecule has 21 heavy (non-hydrogen) atoms. The Morgan fingerprint density at radius 1 is 1.05 bits per heavy atom. The minimum atomic E-state index is -0.0369. The van der Waals surface area contributed by atoms with Crippen LogP contribution in [-0.2, 0) is 4.74 Å². The third kappa shape index (κ3) is 3.50. The number of rotatable bonds is 4. The highest BCUT2D eigenvalue weighted by atomic mass is 16.5. The number of hydrogen-bond donors (Lipinski definition) is 1. The van der Waals surface area contributed by atoms with E-state index in [9.17, 15) is 4.79 Å². The van der Waals surface area contributed by atoms with Crippen LogP contribution in [0.1, 0.15) is 23.2 Å². The Kier molecular flexibility index (Phi) is 4.31. The van der Waals surface area contributed by atoms with E-state index >= 15 is 0 Å². The summed E-state index contributed by atoms with van der Waals surface area (Å²) in [5.41, 5.74) is 2.96. The predicted octanol–water partition coefficient (Wildman–Crippen LogP) is 3.26. The predicted molar refractivity (Wildman–Crippen MR) is 83.2 cm³/mol. The summed E-state index contributed by atoms with van der Waals surface area (Å²) >= 11 is 0. The molecule has 1 atom stereocenters. The maximum atomic E-state index is 12.1. The molecule has 1 fully saturated rings. The van der Waals surface area contributed by atoms with E-state index in [1.165, 1.54) is 0 Å². The fraction of sp³-hybridized carbons (Fsp3) is 0.278. The van der Waals surface area contributed by atoms with Gasteiger partial charge in [0.15, 0.2) is 0 Å². The standard InChI is InChI=1S/C18H19NO2/c20-18(19-13-17-7-4-12-21-17)16-10-8-15(9-11-16)14-5-2-1-3-6-14/h1-3,5-6,8-11,17H,4,7,12-13H2,(H,19,20). The average molecular weight is 281 g/mol. The molecule has 1 saturated heterocycles. The number of nitrogens with one attached hydrogen (secondary N) is 1. The number of ether oxygens (including phenoxy) is 1. The van der Waals surface area contributed by atoms with E-state index in [0.29, 0.717) is 12.1 Å². The van der Waals surface area contributed by atoms with Gasteiger partial charge >= 0.3 is 0 Å². The molecule has 0 radical (unpaired) electrons. The van der Waals surface area contributed by atoms with Gasteiger partial charge in [-0.3, -0.25) is 4.79 Å². The Labute approximate surface area is 124 Å². The Hall–Kier alpha value is -2.13. The zero-order valence-electron chi connectivity index (χ0n) is 11.9. The fourth-order valence-corrected chi connectivity index (χ4v) is 2.56. The molecule has 3 rings (SSSR count). The molecule has 0 bridgehead atoms. The molecule has 2 aromatic carbocycles. The van der Waals surface area contributed by atoms with Crippen LogP contribution in [0.5, 0.6) is 0 Å². The third-order valence-electron chi connectivity index (χ3n) is 3.77. The molecule has 1 aliphatic heterocycles. The molecule has 1 unspecified atom stereocenters. The number of carbonyl (C=O) groups is 1. The molecule has 3 heteroatoms. The van der Waals surface area contributed by atoms with Crippen LogP contribution in [0, 0.1) is 0 Å². The molecule has 2 aromatic rings. The second-order valence-corrected chi connectivity index (χ2v) is 5.29. The van der Waals surface area contributed by atoms with Gasteiger partial charge in [-0.15, -0.1) is 0 Å². The minimum Gasteiger partial charge on any atom is -0.376 e. The van der Waals surface area contributed by atoms with Crippen molar-refractivity contribution >= 4 is 5.91 Å². The van der Waals surface area contributed by atoms with Gasteiger partial charge in [0.2, 0.25) is 0 Å². The summed E-state index contributed by atoms with van der Waals surface area (Å²) in [5.74, 6) is -0.0369. The molecule has 1 amide bonds. The van der Waals surface area contributed by atoms with Crippen LogP contribution in [0.15, 0.2) is 54.6 Å². The smallest absolute Gasteiger partial charge is 0.251 e. The lowest BCUT2D eigenvalue weighted by Gasteiger charge is -2.11. The normalized spacial score (nSPS) is 17.6. The van der Waals surface area contributed by atoms with Crippen LogP contribution in [0.3, 0.4) is 0 Å². The van der Waals surface area contributed by atoms with Crippen LogP contribution < -0.4 is 5.32 Å². The molecule has 0 aliphatic carbocycles. The highest BCUT2D eigenvalue weighted by molar-refractivity contribution is 5.94. The molecular weight excluding hydrogens is 262 g/mol. The van der Waals surface area contributed by atoms with E-state index in [-0.39, 0.29) is 12.0 Å². The van der Waals surface area contributed by atoms with Gasteiger partial charge < -0.3 is 10.1 Å². The van der Waals surface area contributed by atoms with Crippen molar-refractivity contribution in [2.45, 2.75) is 18.9 Å². The van der Waals surface area contributed by atoms with Crippen molar-refractivity contribution in [3.05, 3.63) is 60.2 Å². The van der Waals surface area contributed by atoms with Gasteiger partial charge in [0, 0.05) is 18.7 Å². The lowest BCUT2D eigenvalue weighted by atomic mass is 10.0. The Bertz CT molecular complexity index is 586. The largest absolute Gasteiger partial charge is 0.376 e. The van der Waals surface area contributed by atoms with Crippen LogP contribution in [0.4, 0.5) is 0 Å². The van der Waals surface area contributed by atoms with Gasteiger partial charge in [0.25, 0.3) is 5.91 Å². The summed E-state index contributed by atoms with van der Waals surface area (Å²) in [6, 6.07) is 17.8. The van der Waals surface area contributed by atoms with Crippen molar-refractivity contribution in [1.29, 1.82) is 0 Å². The second-order valence-electron chi connectivity index (χ2n) is 5.29. The molecule has 0 aromatic heterocycles. The first kappa shape index (κ1) is 13.8. The van der Waals surface area contributed by atoms with Crippen LogP contribution in [-0.4, -0.2) is 25.2 Å². The maximum absolute atomic E-state index is 12.1. The summed E-state index contributed by atoms with van der Waals surface area (Å²) in [5, 5.41) is 2.94. The highest BCUT2D eigenvalue weighted by Gasteiger charge is 2.16. The lowest BCUT2D eigenvalue weighted by molar-refractivity contribution is 0.0858. The molecule has 108 valence electrons. The van der Waals surface area contributed by atoms with Crippen molar-refractivity contribution in [3.8, 4) is 11.1 Å². The third-order valence-corrected chi connectivity index (χ3v) is 3.77. The summed E-state index contributed by atoms with van der Waals surface area (Å²) in [7, 11) is 0. The van der Waals surface area contributed by atoms with Gasteiger partial charge in [0.1, 0.15) is 0 Å². The monoisotopic (exact) mass is 281 g/mol. The highest BCUT2D eigenvalue weighted by Crippen LogP contribution is 2.19. The van der Waals surface area contributed by atoms with Crippen molar-refractivity contribution in [2.24, 2.45) is 0 Å². The number of carbonyl (C=O) groups excluding carboxylic acids is 1. The summed E-state index contributed by atoms with van der Waals surface area (Å²) < 4.78 is 5.50. The fourth-order valence-electron chi connectivity index (χ4n) is 2.56. The first-order valence-corrected chi connectivity index (χ1v) is 7.38. The second kappa shape index (κ2) is 6.55. The minimum absolute atomic E-state index is 0.0369. The Morgan fingerprint density at radius 2 is 1.76 bits per heavy atom. The van der Waals surface area contributed by atoms with Gasteiger partial charge in [0.05, 0.1) is 6.10 Å². The quantitative estimate of drug-likeness (QED) is 0.934. The summed E-state index contributed by atoms with van der Waals surface area (Å²) in [4.78, 5) is 12.1. The summed E-state index contributed by atoms with van der Waals surface area (Å²) in [6.45, 7) is 1.41. The molecule has 1 aliphatic rings. The zero-order valence-corrected chi connectivity index (χ0v) is 11.9. The van der Waals surface area contributed by atoms with E-state index < -0.39 is 0 Å². The number of amides is 1. The molecule has 0 saturated carbocycles. The molecular formula is C18H19NO2. The van der Waals surface area contributed by atoms with Crippen LogP contribution in [0.25, 0.3) is 11.1 Å². The lowest BCUT2D eigenvalue weighted by Crippen LogP contribution is -2.31. The van der Waals surface area contributed by atoms with Crippen LogP contribution >= 0.6 is 0 Å². The van der Waals surface area contributed by atoms with Crippen molar-refractivity contribution in [3.63, 3.8) is 0 Å². The first-order valence-electron chi connectivity index (χ1n) is 7.38. The van der Waals surface area contributed by atoms with E-state index in [1.807, 2.05) is 42.5 Å². The molecule has 3 nitrogen and oxygen atoms in total. The van der Waals surface area contributed by atoms with Crippen molar-refractivity contribution in [2.75, 3.05) is 13.2 Å². The van der Waals surface area contributed by atoms with E-state index in [0.717, 1.165) is 30.6 Å². The van der Waals surface area contributed by atoms with Crippen molar-refractivity contribution in [1.82, 2.24) is 5.32 Å². The molecule has 1 heterocycles. The van der Waals surface area contributed by atoms with E-state index in [1.54, 1.807) is 0 Å². The summed E-state index contributed by atoms with van der Waals surface area (Å²) in [6.07, 6.45) is 2.30. The van der Waals surface area contributed by atoms with Gasteiger partial charge in [-0.25, -0.2) is 0 Å². The van der Waals surface area contributed by atoms with Gasteiger partial charge in [-0.05, 0) is 36.1 Å². The van der Waals surface area contributed by atoms with Gasteiger partial charge in [-0.2, -0.15) is 0 Å². The van der Waals surface area contributed by atoms with E-state index in [2.05, 4.69) is 17.4 Å². The molecule has 0 spiro atoms.